The summed E-state index contributed by atoms with van der Waals surface area (Å²) in [6, 6.07) is 0. The summed E-state index contributed by atoms with van der Waals surface area (Å²) in [6.07, 6.45) is 38.4. The minimum absolute atomic E-state index is 0.230. The summed E-state index contributed by atoms with van der Waals surface area (Å²) in [7, 11) is -0.657. The molecule has 0 radical (unpaired) electrons. The van der Waals surface area contributed by atoms with Gasteiger partial charge in [-0.3, -0.25) is 0 Å². The molecule has 0 spiro atoms. The van der Waals surface area contributed by atoms with Crippen LogP contribution in [0.15, 0.2) is 0 Å². The molecule has 3 heteroatoms. The van der Waals surface area contributed by atoms with E-state index in [0.717, 1.165) is 12.8 Å². The predicted octanol–water partition coefficient (Wildman–Crippen LogP) is 11.2. The molecule has 0 aromatic rings. The van der Waals surface area contributed by atoms with Crippen molar-refractivity contribution in [1.82, 2.24) is 0 Å². The van der Waals surface area contributed by atoms with Gasteiger partial charge < -0.3 is 9.90 Å². The molecule has 0 N–H and O–H groups in total. The smallest absolute Gasteiger partial charge is 0.0594 e. The molecule has 0 aromatic heterocycles. The second-order valence-corrected chi connectivity index (χ2v) is 16.2. The van der Waals surface area contributed by atoms with Gasteiger partial charge in [-0.05, 0) is 64.2 Å². The van der Waals surface area contributed by atoms with Gasteiger partial charge >= 0.3 is 0 Å². The lowest BCUT2D eigenvalue weighted by atomic mass is 10.1. The summed E-state index contributed by atoms with van der Waals surface area (Å²) < 4.78 is 0. The van der Waals surface area contributed by atoms with Crippen LogP contribution in [0.3, 0.4) is 0 Å². The van der Waals surface area contributed by atoms with E-state index < -0.39 is 13.2 Å². The number of unbranched alkanes of at least 4 members (excludes halogenated alkanes) is 18. The van der Waals surface area contributed by atoms with Crippen LogP contribution in [-0.4, -0.2) is 30.6 Å². The second-order valence-electron chi connectivity index (χ2n) is 11.7. The minimum atomic E-state index is -0.913. The summed E-state index contributed by atoms with van der Waals surface area (Å²) >= 11 is 0. The Balaban J connectivity index is 0. The van der Waals surface area contributed by atoms with E-state index >= 15 is 0 Å². The molecule has 0 rings (SSSR count). The van der Waals surface area contributed by atoms with Crippen LogP contribution in [-0.2, 0) is 4.79 Å². The Morgan fingerprint density at radius 2 is 0.649 bits per heavy atom. The number of carboxylic acids is 1. The average molecular weight is 543 g/mol. The summed E-state index contributed by atoms with van der Waals surface area (Å²) in [5.74, 6) is -0.913. The monoisotopic (exact) mass is 543 g/mol. The third kappa shape index (κ3) is 30.3. The first kappa shape index (κ1) is 39.0. The lowest BCUT2D eigenvalue weighted by Gasteiger charge is -2.28. The first-order valence-corrected chi connectivity index (χ1v) is 19.6. The van der Waals surface area contributed by atoms with Gasteiger partial charge in [0.15, 0.2) is 0 Å². The number of carbonyl (C=O) groups excluding carboxylic acids is 1. The number of hydrogen-bond donors (Lipinski definition) is 0. The number of hydrogen-bond acceptors (Lipinski definition) is 2. The molecule has 0 aliphatic rings. The largest absolute Gasteiger partial charge is 0.550 e. The van der Waals surface area contributed by atoms with Gasteiger partial charge in [0.1, 0.15) is 0 Å². The fourth-order valence-electron chi connectivity index (χ4n) is 5.39. The highest BCUT2D eigenvalue weighted by Crippen LogP contribution is 2.61. The summed E-state index contributed by atoms with van der Waals surface area (Å²) in [5, 5.41) is 10.0. The zero-order chi connectivity index (χ0) is 27.9. The SMILES string of the molecule is CCCCCCCCCC(=O)[O-].CCCCCC[P+](CCCCCC)(CCCCCC)CCCCCC. The topological polar surface area (TPSA) is 40.1 Å². The lowest BCUT2D eigenvalue weighted by Crippen LogP contribution is -2.21. The normalized spacial score (nSPS) is 11.4. The van der Waals surface area contributed by atoms with E-state index in [2.05, 4.69) is 34.6 Å². The number of rotatable bonds is 28. The van der Waals surface area contributed by atoms with Crippen LogP contribution in [0.5, 0.6) is 0 Å². The third-order valence-corrected chi connectivity index (χ3v) is 13.0. The van der Waals surface area contributed by atoms with E-state index in [1.807, 2.05) is 0 Å². The Morgan fingerprint density at radius 3 is 0.919 bits per heavy atom. The molecule has 0 saturated heterocycles. The quantitative estimate of drug-likeness (QED) is 0.0728. The third-order valence-electron chi connectivity index (χ3n) is 7.93. The molecule has 0 aliphatic carbocycles. The Kier molecular flexibility index (Phi) is 33.9. The maximum absolute atomic E-state index is 10.0. The van der Waals surface area contributed by atoms with Gasteiger partial charge in [-0.15, -0.1) is 0 Å². The Bertz CT molecular complexity index is 384. The maximum atomic E-state index is 10.0. The zero-order valence-electron chi connectivity index (χ0n) is 26.6. The number of aliphatic carboxylic acids is 1. The molecule has 37 heavy (non-hydrogen) atoms. The first-order chi connectivity index (χ1) is 18.0. The van der Waals surface area contributed by atoms with E-state index in [0.29, 0.717) is 0 Å². The zero-order valence-corrected chi connectivity index (χ0v) is 27.5. The molecule has 0 fully saturated rings. The molecule has 0 amide bonds. The molecule has 224 valence electrons. The second kappa shape index (κ2) is 32.1. The summed E-state index contributed by atoms with van der Waals surface area (Å²) in [6.45, 7) is 11.6. The molecule has 0 aromatic carbocycles. The van der Waals surface area contributed by atoms with Gasteiger partial charge in [0.2, 0.25) is 0 Å². The van der Waals surface area contributed by atoms with Crippen molar-refractivity contribution in [1.29, 1.82) is 0 Å². The molecular weight excluding hydrogens is 471 g/mol. The van der Waals surface area contributed by atoms with Crippen LogP contribution in [0.1, 0.15) is 189 Å². The van der Waals surface area contributed by atoms with Gasteiger partial charge in [0, 0.05) is 13.2 Å². The predicted molar refractivity (Wildman–Crippen MR) is 171 cm³/mol. The summed E-state index contributed by atoms with van der Waals surface area (Å²) in [4.78, 5) is 10.0. The maximum Gasteiger partial charge on any atom is 0.0594 e. The van der Waals surface area contributed by atoms with Crippen molar-refractivity contribution in [2.45, 2.75) is 189 Å². The summed E-state index contributed by atoms with van der Waals surface area (Å²) in [5.41, 5.74) is 0. The standard InChI is InChI=1S/C24H52P.C10H20O2/c1-5-9-13-17-21-25(22-18-14-10-6-2,23-19-15-11-7-3)24-20-16-12-8-4;1-2-3-4-5-6-7-8-9-10(11)12/h5-24H2,1-4H3;2-9H2,1H3,(H,11,12)/q+1;/p-1. The Morgan fingerprint density at radius 1 is 0.405 bits per heavy atom. The van der Waals surface area contributed by atoms with Crippen LogP contribution >= 0.6 is 7.26 Å². The molecule has 0 atom stereocenters. The highest BCUT2D eigenvalue weighted by molar-refractivity contribution is 7.75. The van der Waals surface area contributed by atoms with Gasteiger partial charge in [-0.2, -0.15) is 0 Å². The molecule has 2 nitrogen and oxygen atoms in total. The molecule has 0 heterocycles. The Labute approximate surface area is 236 Å². The molecule has 0 saturated carbocycles. The Hall–Kier alpha value is -0.100. The van der Waals surface area contributed by atoms with E-state index in [9.17, 15) is 9.90 Å². The van der Waals surface area contributed by atoms with E-state index in [1.54, 1.807) is 24.6 Å². The van der Waals surface area contributed by atoms with Crippen molar-refractivity contribution in [3.05, 3.63) is 0 Å². The lowest BCUT2D eigenvalue weighted by molar-refractivity contribution is -0.305. The van der Waals surface area contributed by atoms with Crippen molar-refractivity contribution in [3.63, 3.8) is 0 Å². The van der Waals surface area contributed by atoms with Crippen molar-refractivity contribution in [3.8, 4) is 0 Å². The fourth-order valence-corrected chi connectivity index (χ4v) is 10.3. The number of carbonyl (C=O) groups is 1. The van der Waals surface area contributed by atoms with Gasteiger partial charge in [0.05, 0.1) is 24.6 Å². The van der Waals surface area contributed by atoms with Crippen molar-refractivity contribution < 1.29 is 9.90 Å². The number of carboxylic acid groups (broad SMARTS) is 1. The van der Waals surface area contributed by atoms with E-state index in [-0.39, 0.29) is 6.42 Å². The van der Waals surface area contributed by atoms with Crippen LogP contribution < -0.4 is 5.11 Å². The van der Waals surface area contributed by atoms with Crippen LogP contribution in [0.2, 0.25) is 0 Å². The van der Waals surface area contributed by atoms with Gasteiger partial charge in [0.25, 0.3) is 0 Å². The van der Waals surface area contributed by atoms with E-state index in [4.69, 9.17) is 0 Å². The average Bonchev–Trinajstić information content (AvgIpc) is 2.89. The van der Waals surface area contributed by atoms with Crippen LogP contribution in [0.25, 0.3) is 0 Å². The van der Waals surface area contributed by atoms with Crippen molar-refractivity contribution in [2.75, 3.05) is 24.6 Å². The molecule has 0 bridgehead atoms. The van der Waals surface area contributed by atoms with E-state index in [1.165, 1.54) is 135 Å². The minimum Gasteiger partial charge on any atom is -0.550 e. The van der Waals surface area contributed by atoms with Crippen LogP contribution in [0, 0.1) is 0 Å². The highest BCUT2D eigenvalue weighted by atomic mass is 31.2. The van der Waals surface area contributed by atoms with Crippen molar-refractivity contribution in [2.24, 2.45) is 0 Å². The van der Waals surface area contributed by atoms with Gasteiger partial charge in [-0.25, -0.2) is 0 Å². The van der Waals surface area contributed by atoms with Crippen molar-refractivity contribution >= 4 is 13.2 Å². The van der Waals surface area contributed by atoms with Crippen LogP contribution in [0.4, 0.5) is 0 Å². The molecule has 0 aliphatic heterocycles. The van der Waals surface area contributed by atoms with Gasteiger partial charge in [-0.1, -0.05) is 125 Å². The molecule has 0 unspecified atom stereocenters. The molecular formula is C34H71O2P. The first-order valence-electron chi connectivity index (χ1n) is 17.1. The fraction of sp³-hybridized carbons (Fsp3) is 0.971. The highest BCUT2D eigenvalue weighted by Gasteiger charge is 2.34.